The van der Waals surface area contributed by atoms with Gasteiger partial charge in [-0.2, -0.15) is 0 Å². The standard InChI is InChI=1S/C28H45NO2/c1-21-14-13-17-27(22(21)2)29-20-24-18-25(31-3)19-26(28(24)30)23-15-11-9-7-5-4-6-8-10-12-16-23/h18-23,27,30H,4-17H2,1-3H3. The molecule has 0 saturated heterocycles. The first-order valence-corrected chi connectivity index (χ1v) is 13.0. The average molecular weight is 428 g/mol. The molecule has 0 spiro atoms. The first-order valence-electron chi connectivity index (χ1n) is 13.0. The summed E-state index contributed by atoms with van der Waals surface area (Å²) < 4.78 is 5.64. The van der Waals surface area contributed by atoms with E-state index in [0.29, 0.717) is 23.6 Å². The Morgan fingerprint density at radius 2 is 1.45 bits per heavy atom. The lowest BCUT2D eigenvalue weighted by Crippen LogP contribution is -2.27. The van der Waals surface area contributed by atoms with E-state index in [1.54, 1.807) is 7.11 Å². The molecule has 0 heterocycles. The molecule has 1 N–H and O–H groups in total. The number of aliphatic imine (C=N–C) groups is 1. The van der Waals surface area contributed by atoms with E-state index in [0.717, 1.165) is 42.1 Å². The van der Waals surface area contributed by atoms with Gasteiger partial charge in [0.1, 0.15) is 11.5 Å². The molecule has 2 aliphatic rings. The van der Waals surface area contributed by atoms with Crippen molar-refractivity contribution in [2.45, 2.75) is 116 Å². The van der Waals surface area contributed by atoms with Crippen LogP contribution in [0.3, 0.4) is 0 Å². The summed E-state index contributed by atoms with van der Waals surface area (Å²) in [7, 11) is 1.73. The third-order valence-corrected chi connectivity index (χ3v) is 7.99. The molecule has 0 bridgehead atoms. The van der Waals surface area contributed by atoms with Gasteiger partial charge in [0.05, 0.1) is 13.2 Å². The fraction of sp³-hybridized carbons (Fsp3) is 0.750. The van der Waals surface area contributed by atoms with Gasteiger partial charge >= 0.3 is 0 Å². The predicted molar refractivity (Wildman–Crippen MR) is 132 cm³/mol. The minimum Gasteiger partial charge on any atom is -0.507 e. The third kappa shape index (κ3) is 6.99. The molecule has 2 fully saturated rings. The number of aromatic hydroxyl groups is 1. The Labute approximate surface area is 190 Å². The van der Waals surface area contributed by atoms with Gasteiger partial charge in [-0.15, -0.1) is 0 Å². The van der Waals surface area contributed by atoms with Gasteiger partial charge in [0.25, 0.3) is 0 Å². The predicted octanol–water partition coefficient (Wildman–Crippen LogP) is 8.03. The van der Waals surface area contributed by atoms with Crippen LogP contribution in [-0.2, 0) is 0 Å². The van der Waals surface area contributed by atoms with E-state index < -0.39 is 0 Å². The molecule has 3 nitrogen and oxygen atoms in total. The first-order chi connectivity index (χ1) is 15.1. The second kappa shape index (κ2) is 12.5. The maximum absolute atomic E-state index is 11.3. The number of ether oxygens (including phenoxy) is 1. The first kappa shape index (κ1) is 24.1. The number of nitrogens with zero attached hydrogens (tertiary/aromatic N) is 1. The zero-order chi connectivity index (χ0) is 22.1. The quantitative estimate of drug-likeness (QED) is 0.494. The molecule has 31 heavy (non-hydrogen) atoms. The number of rotatable bonds is 4. The summed E-state index contributed by atoms with van der Waals surface area (Å²) in [6.45, 7) is 4.67. The molecule has 3 rings (SSSR count). The summed E-state index contributed by atoms with van der Waals surface area (Å²) in [5.74, 6) is 3.00. The normalized spacial score (nSPS) is 27.5. The number of hydrogen-bond acceptors (Lipinski definition) is 3. The van der Waals surface area contributed by atoms with Gasteiger partial charge in [0.15, 0.2) is 0 Å². The van der Waals surface area contributed by atoms with Gasteiger partial charge in [-0.05, 0) is 49.1 Å². The van der Waals surface area contributed by atoms with E-state index >= 15 is 0 Å². The van der Waals surface area contributed by atoms with Gasteiger partial charge in [0.2, 0.25) is 0 Å². The Kier molecular flexibility index (Phi) is 9.74. The molecule has 3 atom stereocenters. The molecule has 0 radical (unpaired) electrons. The van der Waals surface area contributed by atoms with Gasteiger partial charge in [-0.3, -0.25) is 4.99 Å². The molecule has 2 saturated carbocycles. The Hall–Kier alpha value is -1.51. The summed E-state index contributed by atoms with van der Waals surface area (Å²) in [6, 6.07) is 4.39. The summed E-state index contributed by atoms with van der Waals surface area (Å²) in [5, 5.41) is 11.3. The molecular weight excluding hydrogens is 382 g/mol. The van der Waals surface area contributed by atoms with E-state index in [-0.39, 0.29) is 0 Å². The van der Waals surface area contributed by atoms with Crippen LogP contribution in [0.2, 0.25) is 0 Å². The number of phenolic OH excluding ortho intramolecular Hbond substituents is 1. The fourth-order valence-corrected chi connectivity index (χ4v) is 5.59. The second-order valence-corrected chi connectivity index (χ2v) is 10.2. The van der Waals surface area contributed by atoms with Crippen LogP contribution in [-0.4, -0.2) is 24.5 Å². The van der Waals surface area contributed by atoms with Crippen molar-refractivity contribution in [3.8, 4) is 11.5 Å². The van der Waals surface area contributed by atoms with E-state index in [4.69, 9.17) is 9.73 Å². The van der Waals surface area contributed by atoms with Crippen molar-refractivity contribution < 1.29 is 9.84 Å². The Balaban J connectivity index is 1.80. The number of benzene rings is 1. The number of hydrogen-bond donors (Lipinski definition) is 1. The zero-order valence-electron chi connectivity index (χ0n) is 20.2. The van der Waals surface area contributed by atoms with Crippen molar-refractivity contribution >= 4 is 6.21 Å². The van der Waals surface area contributed by atoms with E-state index in [1.165, 1.54) is 70.6 Å². The largest absolute Gasteiger partial charge is 0.507 e. The highest BCUT2D eigenvalue weighted by Crippen LogP contribution is 2.39. The third-order valence-electron chi connectivity index (χ3n) is 7.99. The maximum atomic E-state index is 11.3. The van der Waals surface area contributed by atoms with Gasteiger partial charge < -0.3 is 9.84 Å². The van der Waals surface area contributed by atoms with Crippen LogP contribution in [0.1, 0.15) is 121 Å². The van der Waals surface area contributed by atoms with Crippen molar-refractivity contribution in [2.75, 3.05) is 7.11 Å². The van der Waals surface area contributed by atoms with Crippen molar-refractivity contribution in [1.29, 1.82) is 0 Å². The highest BCUT2D eigenvalue weighted by molar-refractivity contribution is 5.85. The minimum absolute atomic E-state index is 0.360. The topological polar surface area (TPSA) is 41.8 Å². The fourth-order valence-electron chi connectivity index (χ4n) is 5.59. The van der Waals surface area contributed by atoms with Crippen LogP contribution in [0.5, 0.6) is 11.5 Å². The summed E-state index contributed by atoms with van der Waals surface area (Å²) in [4.78, 5) is 4.95. The molecule has 174 valence electrons. The van der Waals surface area contributed by atoms with Crippen molar-refractivity contribution in [1.82, 2.24) is 0 Å². The second-order valence-electron chi connectivity index (χ2n) is 10.2. The van der Waals surface area contributed by atoms with Gasteiger partial charge in [0, 0.05) is 17.3 Å². The van der Waals surface area contributed by atoms with Crippen LogP contribution in [0.25, 0.3) is 0 Å². The molecule has 2 aliphatic carbocycles. The summed E-state index contributed by atoms with van der Waals surface area (Å²) >= 11 is 0. The van der Waals surface area contributed by atoms with Crippen molar-refractivity contribution in [3.63, 3.8) is 0 Å². The smallest absolute Gasteiger partial charge is 0.128 e. The lowest BCUT2D eigenvalue weighted by Gasteiger charge is -2.31. The number of methoxy groups -OCH3 is 1. The molecule has 3 heteroatoms. The Morgan fingerprint density at radius 1 is 0.839 bits per heavy atom. The van der Waals surface area contributed by atoms with E-state index in [9.17, 15) is 5.11 Å². The maximum Gasteiger partial charge on any atom is 0.128 e. The molecule has 3 unspecified atom stereocenters. The molecule has 0 aliphatic heterocycles. The highest BCUT2D eigenvalue weighted by Gasteiger charge is 2.26. The van der Waals surface area contributed by atoms with Crippen LogP contribution in [0.15, 0.2) is 17.1 Å². The lowest BCUT2D eigenvalue weighted by atomic mass is 9.78. The molecular formula is C28H45NO2. The monoisotopic (exact) mass is 427 g/mol. The van der Waals surface area contributed by atoms with Crippen LogP contribution in [0, 0.1) is 11.8 Å². The SMILES string of the molecule is COc1cc(C=NC2CCCC(C)C2C)c(O)c(C2CCCCCCCCCCC2)c1. The van der Waals surface area contributed by atoms with Crippen molar-refractivity contribution in [3.05, 3.63) is 23.3 Å². The molecule has 0 amide bonds. The van der Waals surface area contributed by atoms with E-state index in [1.807, 2.05) is 12.3 Å². The van der Waals surface area contributed by atoms with Crippen LogP contribution >= 0.6 is 0 Å². The van der Waals surface area contributed by atoms with Gasteiger partial charge in [-0.25, -0.2) is 0 Å². The lowest BCUT2D eigenvalue weighted by molar-refractivity contribution is 0.242. The Bertz CT molecular complexity index is 686. The summed E-state index contributed by atoms with van der Waals surface area (Å²) in [5.41, 5.74) is 1.90. The highest BCUT2D eigenvalue weighted by atomic mass is 16.5. The Morgan fingerprint density at radius 3 is 2.06 bits per heavy atom. The zero-order valence-corrected chi connectivity index (χ0v) is 20.2. The van der Waals surface area contributed by atoms with Crippen LogP contribution in [0.4, 0.5) is 0 Å². The van der Waals surface area contributed by atoms with Crippen LogP contribution < -0.4 is 4.74 Å². The molecule has 1 aromatic rings. The van der Waals surface area contributed by atoms with Crippen molar-refractivity contribution in [2.24, 2.45) is 16.8 Å². The minimum atomic E-state index is 0.360. The molecule has 0 aromatic heterocycles. The summed E-state index contributed by atoms with van der Waals surface area (Å²) in [6.07, 6.45) is 20.0. The van der Waals surface area contributed by atoms with Gasteiger partial charge in [-0.1, -0.05) is 84.5 Å². The van der Waals surface area contributed by atoms with E-state index in [2.05, 4.69) is 19.9 Å². The number of phenols is 1. The molecule has 1 aromatic carbocycles. The average Bonchev–Trinajstić information content (AvgIpc) is 2.76.